The molecule has 1 aromatic heterocycles. The lowest BCUT2D eigenvalue weighted by Gasteiger charge is -2.57. The number of carbonyl (C=O) groups is 2. The highest BCUT2D eigenvalue weighted by Crippen LogP contribution is 2.55. The Balaban J connectivity index is 1.09. The van der Waals surface area contributed by atoms with E-state index in [1.165, 1.54) is 36.2 Å². The molecule has 3 aromatic rings. The van der Waals surface area contributed by atoms with Gasteiger partial charge in [-0.3, -0.25) is 4.79 Å². The Morgan fingerprint density at radius 1 is 0.949 bits per heavy atom. The molecule has 2 aromatic carbocycles. The van der Waals surface area contributed by atoms with Crippen LogP contribution in [0.4, 0.5) is 9.93 Å². The van der Waals surface area contributed by atoms with Crippen LogP contribution in [-0.2, 0) is 11.2 Å². The molecule has 7 nitrogen and oxygen atoms in total. The number of aryl methyl sites for hydroxylation is 1. The fraction of sp³-hybridized carbons (Fsp3) is 0.484. The molecule has 204 valence electrons. The predicted molar refractivity (Wildman–Crippen MR) is 154 cm³/mol. The smallest absolute Gasteiger partial charge is 0.317 e. The number of aromatic nitrogens is 2. The van der Waals surface area contributed by atoms with Crippen molar-refractivity contribution >= 4 is 28.4 Å². The van der Waals surface area contributed by atoms with E-state index in [4.69, 9.17) is 0 Å². The number of anilines is 1. The summed E-state index contributed by atoms with van der Waals surface area (Å²) in [6.45, 7) is 2.97. The van der Waals surface area contributed by atoms with E-state index in [2.05, 4.69) is 39.0 Å². The van der Waals surface area contributed by atoms with Crippen LogP contribution in [0, 0.1) is 24.7 Å². The van der Waals surface area contributed by atoms with Crippen LogP contribution in [0.5, 0.6) is 0 Å². The summed E-state index contributed by atoms with van der Waals surface area (Å²) in [4.78, 5) is 28.4. The van der Waals surface area contributed by atoms with Gasteiger partial charge in [0.15, 0.2) is 0 Å². The number of hydrogen-bond donors (Lipinski definition) is 2. The summed E-state index contributed by atoms with van der Waals surface area (Å²) in [5.74, 6) is 2.12. The molecular weight excluding hydrogens is 506 g/mol. The minimum atomic E-state index is -0.158. The third kappa shape index (κ3) is 6.16. The van der Waals surface area contributed by atoms with Crippen molar-refractivity contribution in [1.82, 2.24) is 20.4 Å². The van der Waals surface area contributed by atoms with Crippen LogP contribution in [0.25, 0.3) is 10.6 Å². The van der Waals surface area contributed by atoms with E-state index in [9.17, 15) is 9.59 Å². The second-order valence-corrected chi connectivity index (χ2v) is 12.9. The Morgan fingerprint density at radius 2 is 1.67 bits per heavy atom. The molecule has 39 heavy (non-hydrogen) atoms. The van der Waals surface area contributed by atoms with Crippen LogP contribution in [0.2, 0.25) is 0 Å². The molecule has 0 saturated heterocycles. The Hall–Kier alpha value is -3.26. The summed E-state index contributed by atoms with van der Waals surface area (Å²) in [7, 11) is 0. The highest BCUT2D eigenvalue weighted by Gasteiger charge is 2.51. The fourth-order valence-electron chi connectivity index (χ4n) is 7.38. The monoisotopic (exact) mass is 543 g/mol. The zero-order valence-electron chi connectivity index (χ0n) is 22.6. The number of nitrogens with one attached hydrogen (secondary N) is 2. The van der Waals surface area contributed by atoms with Crippen molar-refractivity contribution in [2.24, 2.45) is 17.8 Å². The Morgan fingerprint density at radius 3 is 2.36 bits per heavy atom. The van der Waals surface area contributed by atoms with Crippen molar-refractivity contribution in [3.8, 4) is 10.6 Å². The highest BCUT2D eigenvalue weighted by molar-refractivity contribution is 7.18. The van der Waals surface area contributed by atoms with Gasteiger partial charge in [-0.15, -0.1) is 10.2 Å². The highest BCUT2D eigenvalue weighted by atomic mass is 32.1. The first-order valence-corrected chi connectivity index (χ1v) is 15.1. The number of hydrogen-bond acceptors (Lipinski definition) is 5. The van der Waals surface area contributed by atoms with Crippen LogP contribution in [0.15, 0.2) is 54.6 Å². The van der Waals surface area contributed by atoms with Crippen molar-refractivity contribution in [1.29, 1.82) is 0 Å². The van der Waals surface area contributed by atoms with Crippen molar-refractivity contribution < 1.29 is 9.59 Å². The summed E-state index contributed by atoms with van der Waals surface area (Å²) in [6, 6.07) is 18.3. The molecule has 4 saturated carbocycles. The van der Waals surface area contributed by atoms with Gasteiger partial charge in [0.25, 0.3) is 0 Å². The first kappa shape index (κ1) is 26.0. The third-order valence-corrected chi connectivity index (χ3v) is 9.64. The van der Waals surface area contributed by atoms with Gasteiger partial charge < -0.3 is 15.5 Å². The molecule has 4 bridgehead atoms. The van der Waals surface area contributed by atoms with E-state index in [0.29, 0.717) is 18.2 Å². The predicted octanol–water partition coefficient (Wildman–Crippen LogP) is 6.07. The zero-order chi connectivity index (χ0) is 26.8. The fourth-order valence-corrected chi connectivity index (χ4v) is 8.14. The van der Waals surface area contributed by atoms with Crippen LogP contribution < -0.4 is 10.6 Å². The molecule has 0 aliphatic heterocycles. The molecule has 0 spiro atoms. The number of carbonyl (C=O) groups excluding carboxylic acids is 2. The van der Waals surface area contributed by atoms with E-state index in [0.717, 1.165) is 59.6 Å². The standard InChI is InChI=1S/C31H37N5O2S/c1-21-6-5-9-26(14-21)28-34-35-29(39-28)32-27(37)11-13-36(12-10-22-7-3-2-4-8-22)30(38)33-31-18-23-15-24(19-31)17-25(16-23)20-31/h2-9,14,23-25H,10-13,15-20H2,1H3,(H,33,38)(H,32,35,37). The molecule has 4 aliphatic carbocycles. The Labute approximate surface area is 234 Å². The normalized spacial score (nSPS) is 24.9. The number of amides is 3. The number of urea groups is 1. The van der Waals surface area contributed by atoms with Crippen molar-refractivity contribution in [3.05, 3.63) is 65.7 Å². The summed E-state index contributed by atoms with van der Waals surface area (Å²) in [5, 5.41) is 16.0. The average molecular weight is 544 g/mol. The lowest BCUT2D eigenvalue weighted by Crippen LogP contribution is -2.62. The second-order valence-electron chi connectivity index (χ2n) is 11.9. The van der Waals surface area contributed by atoms with Crippen molar-refractivity contribution in [2.75, 3.05) is 18.4 Å². The summed E-state index contributed by atoms with van der Waals surface area (Å²) < 4.78 is 0. The molecule has 2 N–H and O–H groups in total. The van der Waals surface area contributed by atoms with Crippen molar-refractivity contribution in [3.63, 3.8) is 0 Å². The van der Waals surface area contributed by atoms with Gasteiger partial charge in [0.05, 0.1) is 0 Å². The van der Waals surface area contributed by atoms with E-state index in [-0.39, 0.29) is 23.9 Å². The zero-order valence-corrected chi connectivity index (χ0v) is 23.4. The Kier molecular flexibility index (Phi) is 7.38. The van der Waals surface area contributed by atoms with Crippen LogP contribution in [0.3, 0.4) is 0 Å². The molecule has 4 fully saturated rings. The molecule has 0 unspecified atom stereocenters. The lowest BCUT2D eigenvalue weighted by atomic mass is 9.53. The third-order valence-electron chi connectivity index (χ3n) is 8.76. The quantitative estimate of drug-likeness (QED) is 0.343. The number of nitrogens with zero attached hydrogens (tertiary/aromatic N) is 3. The minimum Gasteiger partial charge on any atom is -0.333 e. The van der Waals surface area contributed by atoms with Gasteiger partial charge in [0.1, 0.15) is 5.01 Å². The molecule has 7 rings (SSSR count). The molecule has 3 amide bonds. The Bertz CT molecular complexity index is 1290. The van der Waals surface area contributed by atoms with Gasteiger partial charge in [0, 0.05) is 30.6 Å². The van der Waals surface area contributed by atoms with Crippen LogP contribution in [-0.4, -0.2) is 45.7 Å². The first-order chi connectivity index (χ1) is 18.9. The van der Waals surface area contributed by atoms with Gasteiger partial charge >= 0.3 is 6.03 Å². The van der Waals surface area contributed by atoms with E-state index in [1.807, 2.05) is 48.2 Å². The van der Waals surface area contributed by atoms with E-state index < -0.39 is 0 Å². The maximum Gasteiger partial charge on any atom is 0.317 e. The first-order valence-electron chi connectivity index (χ1n) is 14.2. The van der Waals surface area contributed by atoms with Gasteiger partial charge in [-0.05, 0) is 81.3 Å². The minimum absolute atomic E-state index is 0.0293. The lowest BCUT2D eigenvalue weighted by molar-refractivity contribution is -0.116. The second kappa shape index (κ2) is 11.1. The molecule has 1 heterocycles. The molecule has 8 heteroatoms. The van der Waals surface area contributed by atoms with Gasteiger partial charge in [-0.2, -0.15) is 0 Å². The van der Waals surface area contributed by atoms with Gasteiger partial charge in [-0.1, -0.05) is 65.4 Å². The molecule has 0 atom stereocenters. The summed E-state index contributed by atoms with van der Waals surface area (Å²) in [5.41, 5.74) is 3.27. The molecule has 0 radical (unpaired) electrons. The average Bonchev–Trinajstić information content (AvgIpc) is 3.36. The number of benzene rings is 2. The van der Waals surface area contributed by atoms with Gasteiger partial charge in [0.2, 0.25) is 11.0 Å². The van der Waals surface area contributed by atoms with E-state index >= 15 is 0 Å². The SMILES string of the molecule is Cc1cccc(-c2nnc(NC(=O)CCN(CCc3ccccc3)C(=O)NC34CC5CC(CC(C5)C3)C4)s2)c1. The van der Waals surface area contributed by atoms with E-state index in [1.54, 1.807) is 0 Å². The molecule has 4 aliphatic rings. The topological polar surface area (TPSA) is 87.2 Å². The van der Waals surface area contributed by atoms with Crippen LogP contribution in [0.1, 0.15) is 56.1 Å². The van der Waals surface area contributed by atoms with Gasteiger partial charge in [-0.25, -0.2) is 4.79 Å². The number of rotatable bonds is 9. The maximum atomic E-state index is 13.7. The summed E-state index contributed by atoms with van der Waals surface area (Å²) >= 11 is 1.36. The summed E-state index contributed by atoms with van der Waals surface area (Å²) in [6.07, 6.45) is 8.31. The van der Waals surface area contributed by atoms with Crippen molar-refractivity contribution in [2.45, 2.75) is 63.8 Å². The largest absolute Gasteiger partial charge is 0.333 e. The van der Waals surface area contributed by atoms with Crippen LogP contribution >= 0.6 is 11.3 Å². The maximum absolute atomic E-state index is 13.7. The molecular formula is C31H37N5O2S.